The van der Waals surface area contributed by atoms with Crippen molar-refractivity contribution in [1.82, 2.24) is 5.43 Å². The first-order valence-electron chi connectivity index (χ1n) is 9.80. The Morgan fingerprint density at radius 2 is 1.94 bits per heavy atom. The van der Waals surface area contributed by atoms with Crippen molar-refractivity contribution in [2.45, 2.75) is 18.7 Å². The molecule has 1 N–H and O–H groups in total. The van der Waals surface area contributed by atoms with Gasteiger partial charge in [-0.05, 0) is 66.2 Å². The number of ether oxygens (including phenoxy) is 1. The summed E-state index contributed by atoms with van der Waals surface area (Å²) in [5.41, 5.74) is 2.55. The molecule has 1 aromatic heterocycles. The van der Waals surface area contributed by atoms with Crippen LogP contribution >= 0.6 is 27.5 Å². The van der Waals surface area contributed by atoms with Crippen LogP contribution in [0, 0.1) is 6.92 Å². The number of carbonyl (C=O) groups is 1. The second-order valence-electron chi connectivity index (χ2n) is 6.71. The summed E-state index contributed by atoms with van der Waals surface area (Å²) in [6.45, 7) is 3.34. The third-order valence-electron chi connectivity index (χ3n) is 4.38. The second-order valence-corrected chi connectivity index (χ2v) is 9.87. The van der Waals surface area contributed by atoms with E-state index in [1.807, 2.05) is 0 Å². The van der Waals surface area contributed by atoms with E-state index in [-0.39, 0.29) is 10.6 Å². The van der Waals surface area contributed by atoms with Gasteiger partial charge in [0.25, 0.3) is 15.9 Å². The van der Waals surface area contributed by atoms with Crippen LogP contribution in [0.5, 0.6) is 5.75 Å². The number of hydrogen-bond donors (Lipinski definition) is 1. The molecule has 0 saturated heterocycles. The van der Waals surface area contributed by atoms with Crippen LogP contribution in [-0.4, -0.2) is 33.7 Å². The Balaban J connectivity index is 1.90. The zero-order valence-electron chi connectivity index (χ0n) is 17.8. The lowest BCUT2D eigenvalue weighted by atomic mass is 10.3. The smallest absolute Gasteiger partial charge is 0.264 e. The van der Waals surface area contributed by atoms with Gasteiger partial charge in [0, 0.05) is 11.1 Å². The molecular formula is C22H21BrClN3O5S. The van der Waals surface area contributed by atoms with Crippen LogP contribution in [0.1, 0.15) is 18.4 Å². The molecule has 33 heavy (non-hydrogen) atoms. The third-order valence-corrected chi connectivity index (χ3v) is 7.19. The first-order chi connectivity index (χ1) is 15.7. The summed E-state index contributed by atoms with van der Waals surface area (Å²) < 4.78 is 39.7. The molecule has 0 spiro atoms. The van der Waals surface area contributed by atoms with Crippen LogP contribution in [0.15, 0.2) is 73.5 Å². The molecule has 0 saturated carbocycles. The van der Waals surface area contributed by atoms with E-state index in [1.165, 1.54) is 30.5 Å². The minimum atomic E-state index is -4.13. The Bertz CT molecular complexity index is 1240. The molecule has 1 amide bonds. The number of furan rings is 1. The number of para-hydroxylation sites is 2. The summed E-state index contributed by atoms with van der Waals surface area (Å²) in [4.78, 5) is 12.6. The SMILES string of the molecule is CCOc1ccccc1N(CC(=O)N/N=C\c1cc(Br)c(C)o1)S(=O)(=O)c1ccc(Cl)cc1. The minimum absolute atomic E-state index is 0.0228. The van der Waals surface area contributed by atoms with Crippen LogP contribution in [0.3, 0.4) is 0 Å². The molecule has 0 aliphatic heterocycles. The van der Waals surface area contributed by atoms with Crippen LogP contribution in [0.2, 0.25) is 5.02 Å². The highest BCUT2D eigenvalue weighted by Gasteiger charge is 2.29. The highest BCUT2D eigenvalue weighted by atomic mass is 79.9. The molecule has 2 aromatic carbocycles. The van der Waals surface area contributed by atoms with Gasteiger partial charge in [0.05, 0.1) is 27.9 Å². The molecule has 0 fully saturated rings. The molecule has 0 unspecified atom stereocenters. The van der Waals surface area contributed by atoms with Gasteiger partial charge in [-0.3, -0.25) is 9.10 Å². The molecule has 0 aliphatic rings. The Morgan fingerprint density at radius 3 is 2.58 bits per heavy atom. The highest BCUT2D eigenvalue weighted by Crippen LogP contribution is 2.32. The molecule has 3 rings (SSSR count). The Hall–Kier alpha value is -2.82. The first-order valence-corrected chi connectivity index (χ1v) is 12.4. The van der Waals surface area contributed by atoms with Crippen LogP contribution in [-0.2, 0) is 14.8 Å². The Morgan fingerprint density at radius 1 is 1.24 bits per heavy atom. The van der Waals surface area contributed by atoms with Gasteiger partial charge >= 0.3 is 0 Å². The average molecular weight is 555 g/mol. The van der Waals surface area contributed by atoms with E-state index >= 15 is 0 Å². The van der Waals surface area contributed by atoms with Crippen molar-refractivity contribution >= 4 is 55.4 Å². The maximum absolute atomic E-state index is 13.5. The summed E-state index contributed by atoms with van der Waals surface area (Å²) >= 11 is 9.24. The number of amides is 1. The third kappa shape index (κ3) is 6.16. The maximum Gasteiger partial charge on any atom is 0.264 e. The lowest BCUT2D eigenvalue weighted by Crippen LogP contribution is -2.39. The topological polar surface area (TPSA) is 101 Å². The second kappa shape index (κ2) is 10.9. The quantitative estimate of drug-likeness (QED) is 0.304. The number of hydrogen-bond acceptors (Lipinski definition) is 6. The van der Waals surface area contributed by atoms with Crippen molar-refractivity contribution < 1.29 is 22.4 Å². The monoisotopic (exact) mass is 553 g/mol. The molecule has 0 radical (unpaired) electrons. The van der Waals surface area contributed by atoms with Gasteiger partial charge in [-0.25, -0.2) is 13.8 Å². The van der Waals surface area contributed by atoms with E-state index in [2.05, 4.69) is 26.5 Å². The van der Waals surface area contributed by atoms with Crippen LogP contribution < -0.4 is 14.5 Å². The number of sulfonamides is 1. The molecule has 0 bridgehead atoms. The number of nitrogens with zero attached hydrogens (tertiary/aromatic N) is 2. The van der Waals surface area contributed by atoms with E-state index in [1.54, 1.807) is 44.2 Å². The van der Waals surface area contributed by atoms with Gasteiger partial charge in [-0.15, -0.1) is 0 Å². The maximum atomic E-state index is 13.5. The van der Waals surface area contributed by atoms with Crippen LogP contribution in [0.4, 0.5) is 5.69 Å². The number of nitrogens with one attached hydrogen (secondary N) is 1. The zero-order valence-corrected chi connectivity index (χ0v) is 20.9. The molecule has 3 aromatic rings. The largest absolute Gasteiger partial charge is 0.492 e. The number of aryl methyl sites for hydroxylation is 1. The fourth-order valence-corrected chi connectivity index (χ4v) is 4.72. The summed E-state index contributed by atoms with van der Waals surface area (Å²) in [5.74, 6) is 0.754. The van der Waals surface area contributed by atoms with E-state index in [4.69, 9.17) is 20.8 Å². The van der Waals surface area contributed by atoms with Crippen molar-refractivity contribution in [3.63, 3.8) is 0 Å². The summed E-state index contributed by atoms with van der Waals surface area (Å²) in [7, 11) is -4.13. The first kappa shape index (κ1) is 24.8. The van der Waals surface area contributed by atoms with Crippen molar-refractivity contribution in [1.29, 1.82) is 0 Å². The molecular weight excluding hydrogens is 534 g/mol. The fraction of sp³-hybridized carbons (Fsp3) is 0.182. The molecule has 11 heteroatoms. The molecule has 0 atom stereocenters. The van der Waals surface area contributed by atoms with Crippen molar-refractivity contribution in [3.8, 4) is 5.75 Å². The summed E-state index contributed by atoms with van der Waals surface area (Å²) in [6.07, 6.45) is 1.32. The zero-order chi connectivity index (χ0) is 24.0. The minimum Gasteiger partial charge on any atom is -0.492 e. The van der Waals surface area contributed by atoms with Gasteiger partial charge < -0.3 is 9.15 Å². The predicted molar refractivity (Wildman–Crippen MR) is 130 cm³/mol. The standard InChI is InChI=1S/C22H21BrClN3O5S/c1-3-31-21-7-5-4-6-20(21)27(33(29,30)18-10-8-16(24)9-11-18)14-22(28)26-25-13-17-12-19(23)15(2)32-17/h4-13H,3,14H2,1-2H3,(H,26,28)/b25-13-. The average Bonchev–Trinajstić information content (AvgIpc) is 3.10. The fourth-order valence-electron chi connectivity index (χ4n) is 2.85. The van der Waals surface area contributed by atoms with Gasteiger partial charge in [0.2, 0.25) is 0 Å². The van der Waals surface area contributed by atoms with E-state index in [9.17, 15) is 13.2 Å². The summed E-state index contributed by atoms with van der Waals surface area (Å²) in [5, 5.41) is 4.25. The predicted octanol–water partition coefficient (Wildman–Crippen LogP) is 4.75. The normalized spacial score (nSPS) is 11.5. The van der Waals surface area contributed by atoms with Gasteiger partial charge in [0.15, 0.2) is 0 Å². The lowest BCUT2D eigenvalue weighted by Gasteiger charge is -2.25. The lowest BCUT2D eigenvalue weighted by molar-refractivity contribution is -0.119. The Labute approximate surface area is 205 Å². The highest BCUT2D eigenvalue weighted by molar-refractivity contribution is 9.10. The van der Waals surface area contributed by atoms with E-state index in [0.29, 0.717) is 28.9 Å². The van der Waals surface area contributed by atoms with E-state index in [0.717, 1.165) is 8.78 Å². The number of anilines is 1. The molecule has 174 valence electrons. The Kier molecular flexibility index (Phi) is 8.17. The number of hydrazone groups is 1. The molecule has 0 aliphatic carbocycles. The molecule has 1 heterocycles. The van der Waals surface area contributed by atoms with Gasteiger partial charge in [-0.2, -0.15) is 5.10 Å². The number of benzene rings is 2. The number of rotatable bonds is 9. The van der Waals surface area contributed by atoms with Crippen LogP contribution in [0.25, 0.3) is 0 Å². The molecule has 8 nitrogen and oxygen atoms in total. The van der Waals surface area contributed by atoms with Gasteiger partial charge in [-0.1, -0.05) is 23.7 Å². The van der Waals surface area contributed by atoms with Crippen molar-refractivity contribution in [2.75, 3.05) is 17.5 Å². The number of halogens is 2. The van der Waals surface area contributed by atoms with Gasteiger partial charge in [0.1, 0.15) is 23.8 Å². The van der Waals surface area contributed by atoms with E-state index < -0.39 is 22.5 Å². The van der Waals surface area contributed by atoms with Crippen molar-refractivity contribution in [2.24, 2.45) is 5.10 Å². The summed E-state index contributed by atoms with van der Waals surface area (Å²) in [6, 6.07) is 14.0. The van der Waals surface area contributed by atoms with Crippen molar-refractivity contribution in [3.05, 3.63) is 75.6 Å². The number of carbonyl (C=O) groups excluding carboxylic acids is 1.